The predicted molar refractivity (Wildman–Crippen MR) is 93.9 cm³/mol. The molecule has 4 rings (SSSR count). The molecule has 0 bridgehead atoms. The number of piperazine rings is 1. The molecule has 1 unspecified atom stereocenters. The fourth-order valence-electron chi connectivity index (χ4n) is 3.52. The first kappa shape index (κ1) is 17.4. The highest BCUT2D eigenvalue weighted by Crippen LogP contribution is 2.38. The number of amides is 2. The number of rotatable bonds is 2. The maximum absolute atomic E-state index is 12.8. The number of carbonyl (C=O) groups excluding carboxylic acids is 2. The van der Waals surface area contributed by atoms with Crippen molar-refractivity contribution in [2.24, 2.45) is 0 Å². The van der Waals surface area contributed by atoms with Gasteiger partial charge in [-0.2, -0.15) is 0 Å². The Bertz CT molecular complexity index is 712. The van der Waals surface area contributed by atoms with Crippen LogP contribution in [0, 0.1) is 0 Å². The third-order valence-electron chi connectivity index (χ3n) is 4.93. The minimum absolute atomic E-state index is 0.0389. The lowest BCUT2D eigenvalue weighted by Crippen LogP contribution is -2.52. The van der Waals surface area contributed by atoms with Crippen LogP contribution in [0.15, 0.2) is 12.1 Å². The molecule has 1 aromatic carbocycles. The van der Waals surface area contributed by atoms with Crippen molar-refractivity contribution in [1.82, 2.24) is 9.80 Å². The average molecular weight is 381 g/mol. The van der Waals surface area contributed by atoms with Gasteiger partial charge in [0.25, 0.3) is 11.8 Å². The van der Waals surface area contributed by atoms with E-state index < -0.39 is 0 Å². The van der Waals surface area contributed by atoms with Crippen LogP contribution in [0.3, 0.4) is 0 Å². The molecule has 0 aliphatic carbocycles. The van der Waals surface area contributed by atoms with Crippen LogP contribution in [-0.2, 0) is 9.53 Å². The topological polar surface area (TPSA) is 68.3 Å². The van der Waals surface area contributed by atoms with Gasteiger partial charge in [0, 0.05) is 38.3 Å². The lowest BCUT2D eigenvalue weighted by atomic mass is 10.1. The van der Waals surface area contributed by atoms with E-state index in [9.17, 15) is 9.59 Å². The van der Waals surface area contributed by atoms with Crippen molar-refractivity contribution < 1.29 is 23.8 Å². The van der Waals surface area contributed by atoms with Gasteiger partial charge in [-0.25, -0.2) is 0 Å². The summed E-state index contributed by atoms with van der Waals surface area (Å²) in [6.45, 7) is 3.55. The predicted octanol–water partition coefficient (Wildman–Crippen LogP) is 1.57. The summed E-state index contributed by atoms with van der Waals surface area (Å²) in [7, 11) is 0. The van der Waals surface area contributed by atoms with Gasteiger partial charge in [-0.1, -0.05) is 11.6 Å². The Morgan fingerprint density at radius 3 is 2.46 bits per heavy atom. The van der Waals surface area contributed by atoms with E-state index in [0.29, 0.717) is 68.1 Å². The van der Waals surface area contributed by atoms with Crippen LogP contribution in [0.25, 0.3) is 0 Å². The maximum atomic E-state index is 12.8. The Balaban J connectivity index is 1.40. The molecule has 2 saturated heterocycles. The molecule has 0 saturated carbocycles. The van der Waals surface area contributed by atoms with E-state index in [2.05, 4.69) is 0 Å². The second-order valence-corrected chi connectivity index (χ2v) is 7.01. The molecule has 26 heavy (non-hydrogen) atoms. The first-order chi connectivity index (χ1) is 12.6. The second-order valence-electron chi connectivity index (χ2n) is 6.60. The van der Waals surface area contributed by atoms with E-state index >= 15 is 0 Å². The van der Waals surface area contributed by atoms with Crippen molar-refractivity contribution in [3.8, 4) is 11.5 Å². The third-order valence-corrected chi connectivity index (χ3v) is 5.21. The highest BCUT2D eigenvalue weighted by atomic mass is 35.5. The summed E-state index contributed by atoms with van der Waals surface area (Å²) < 4.78 is 16.5. The molecule has 0 aromatic heterocycles. The summed E-state index contributed by atoms with van der Waals surface area (Å²) in [5.74, 6) is 0.908. The van der Waals surface area contributed by atoms with Gasteiger partial charge in [-0.3, -0.25) is 9.59 Å². The Kier molecular flexibility index (Phi) is 4.91. The molecule has 0 radical (unpaired) electrons. The molecule has 2 fully saturated rings. The second kappa shape index (κ2) is 7.32. The van der Waals surface area contributed by atoms with Gasteiger partial charge in [0.15, 0.2) is 11.5 Å². The van der Waals surface area contributed by atoms with Gasteiger partial charge in [0.1, 0.15) is 19.3 Å². The minimum atomic E-state index is -0.311. The number of benzene rings is 1. The number of hydrogen-bond acceptors (Lipinski definition) is 5. The van der Waals surface area contributed by atoms with Crippen LogP contribution in [0.4, 0.5) is 0 Å². The number of hydrogen-bond donors (Lipinski definition) is 0. The first-order valence-electron chi connectivity index (χ1n) is 8.92. The summed E-state index contributed by atoms with van der Waals surface area (Å²) >= 11 is 6.23. The van der Waals surface area contributed by atoms with Crippen LogP contribution >= 0.6 is 11.6 Å². The fraction of sp³-hybridized carbons (Fsp3) is 0.556. The monoisotopic (exact) mass is 380 g/mol. The number of nitrogens with zero attached hydrogens (tertiary/aromatic N) is 2. The average Bonchev–Trinajstić information content (AvgIpc) is 3.22. The molecule has 0 N–H and O–H groups in total. The lowest BCUT2D eigenvalue weighted by molar-refractivity contribution is -0.142. The third kappa shape index (κ3) is 3.33. The number of carbonyl (C=O) groups is 2. The van der Waals surface area contributed by atoms with Crippen LogP contribution in [0.2, 0.25) is 5.02 Å². The summed E-state index contributed by atoms with van der Waals surface area (Å²) in [5, 5.41) is 0.373. The number of fused-ring (bicyclic) bond motifs is 1. The molecular weight excluding hydrogens is 360 g/mol. The molecule has 3 aliphatic rings. The van der Waals surface area contributed by atoms with Crippen molar-refractivity contribution >= 4 is 23.4 Å². The molecule has 140 valence electrons. The van der Waals surface area contributed by atoms with Crippen LogP contribution in [0.1, 0.15) is 23.2 Å². The van der Waals surface area contributed by atoms with Gasteiger partial charge < -0.3 is 24.0 Å². The van der Waals surface area contributed by atoms with Crippen molar-refractivity contribution in [2.75, 3.05) is 46.0 Å². The Morgan fingerprint density at radius 2 is 1.73 bits per heavy atom. The molecule has 3 aliphatic heterocycles. The van der Waals surface area contributed by atoms with Crippen molar-refractivity contribution in [3.63, 3.8) is 0 Å². The van der Waals surface area contributed by atoms with E-state index in [4.69, 9.17) is 25.8 Å². The van der Waals surface area contributed by atoms with Crippen LogP contribution in [-0.4, -0.2) is 73.7 Å². The molecule has 7 nitrogen and oxygen atoms in total. The van der Waals surface area contributed by atoms with Crippen molar-refractivity contribution in [1.29, 1.82) is 0 Å². The normalized spacial score (nSPS) is 22.4. The molecule has 2 amide bonds. The van der Waals surface area contributed by atoms with Crippen LogP contribution in [0.5, 0.6) is 11.5 Å². The highest BCUT2D eigenvalue weighted by molar-refractivity contribution is 6.32. The highest BCUT2D eigenvalue weighted by Gasteiger charge is 2.32. The smallest absolute Gasteiger partial charge is 0.254 e. The lowest BCUT2D eigenvalue weighted by Gasteiger charge is -2.36. The number of halogens is 1. The SMILES string of the molecule is O=C(c1cc(Cl)c2c(c1)OCCO2)N1CCN(C(=O)C2CCCO2)CC1. The van der Waals surface area contributed by atoms with Gasteiger partial charge in [-0.15, -0.1) is 0 Å². The first-order valence-corrected chi connectivity index (χ1v) is 9.30. The Morgan fingerprint density at radius 1 is 1.00 bits per heavy atom. The summed E-state index contributed by atoms with van der Waals surface area (Å²) in [6, 6.07) is 3.29. The van der Waals surface area contributed by atoms with Crippen molar-refractivity contribution in [3.05, 3.63) is 22.7 Å². The van der Waals surface area contributed by atoms with Gasteiger partial charge in [0.2, 0.25) is 0 Å². The zero-order valence-electron chi connectivity index (χ0n) is 14.4. The van der Waals surface area contributed by atoms with Gasteiger partial charge in [0.05, 0.1) is 5.02 Å². The van der Waals surface area contributed by atoms with E-state index in [0.717, 1.165) is 12.8 Å². The molecular formula is C18H21ClN2O5. The number of ether oxygens (including phenoxy) is 3. The molecule has 3 heterocycles. The Labute approximate surface area is 156 Å². The molecule has 8 heteroatoms. The van der Waals surface area contributed by atoms with Gasteiger partial charge >= 0.3 is 0 Å². The molecule has 1 aromatic rings. The van der Waals surface area contributed by atoms with Gasteiger partial charge in [-0.05, 0) is 25.0 Å². The fourth-order valence-corrected chi connectivity index (χ4v) is 3.79. The zero-order chi connectivity index (χ0) is 18.1. The molecule has 1 atom stereocenters. The van der Waals surface area contributed by atoms with E-state index in [1.165, 1.54) is 0 Å². The van der Waals surface area contributed by atoms with E-state index in [-0.39, 0.29) is 17.9 Å². The molecule has 0 spiro atoms. The minimum Gasteiger partial charge on any atom is -0.486 e. The standard InChI is InChI=1S/C18H21ClN2O5/c19-13-10-12(11-15-16(13)26-9-8-25-15)17(22)20-3-5-21(6-4-20)18(23)14-2-1-7-24-14/h10-11,14H,1-9H2. The maximum Gasteiger partial charge on any atom is 0.254 e. The largest absolute Gasteiger partial charge is 0.486 e. The van der Waals surface area contributed by atoms with Crippen LogP contribution < -0.4 is 9.47 Å². The Hall–Kier alpha value is -1.99. The summed E-state index contributed by atoms with van der Waals surface area (Å²) in [6.07, 6.45) is 1.40. The zero-order valence-corrected chi connectivity index (χ0v) is 15.2. The van der Waals surface area contributed by atoms with E-state index in [1.54, 1.807) is 21.9 Å². The summed E-state index contributed by atoms with van der Waals surface area (Å²) in [4.78, 5) is 28.7. The quantitative estimate of drug-likeness (QED) is 0.779. The van der Waals surface area contributed by atoms with E-state index in [1.807, 2.05) is 0 Å². The summed E-state index contributed by atoms with van der Waals surface area (Å²) in [5.41, 5.74) is 0.471. The van der Waals surface area contributed by atoms with Crippen molar-refractivity contribution in [2.45, 2.75) is 18.9 Å².